The van der Waals surface area contributed by atoms with Crippen molar-refractivity contribution in [3.63, 3.8) is 0 Å². The zero-order valence-corrected chi connectivity index (χ0v) is 17.3. The van der Waals surface area contributed by atoms with Gasteiger partial charge in [-0.05, 0) is 42.5 Å². The zero-order valence-electron chi connectivity index (χ0n) is 17.3. The Balaban J connectivity index is 1.87. The van der Waals surface area contributed by atoms with Crippen molar-refractivity contribution in [1.82, 2.24) is 0 Å². The molecule has 0 atom stereocenters. The average Bonchev–Trinajstić information content (AvgIpc) is 2.67. The molecular formula is C22H28N4O3. The van der Waals surface area contributed by atoms with Crippen LogP contribution in [-0.4, -0.2) is 24.3 Å². The van der Waals surface area contributed by atoms with Crippen molar-refractivity contribution in [1.29, 1.82) is 0 Å². The largest absolute Gasteiger partial charge is 0.376 e. The predicted octanol–water partition coefficient (Wildman–Crippen LogP) is 4.07. The van der Waals surface area contributed by atoms with Crippen molar-refractivity contribution in [2.45, 2.75) is 34.1 Å². The molecule has 0 fully saturated rings. The van der Waals surface area contributed by atoms with Gasteiger partial charge < -0.3 is 21.3 Å². The first-order valence-electron chi connectivity index (χ1n) is 9.52. The zero-order chi connectivity index (χ0) is 21.4. The summed E-state index contributed by atoms with van der Waals surface area (Å²) in [6, 6.07) is 14.1. The SMILES string of the molecule is CCC(=O)Nc1ccc(NCC(=O)Nc2cccc(NC(=O)C(C)(C)C)c2)cc1. The number of anilines is 4. The van der Waals surface area contributed by atoms with Crippen LogP contribution in [0.2, 0.25) is 0 Å². The third kappa shape index (κ3) is 7.29. The van der Waals surface area contributed by atoms with Gasteiger partial charge in [-0.15, -0.1) is 0 Å². The van der Waals surface area contributed by atoms with Gasteiger partial charge in [-0.1, -0.05) is 33.8 Å². The van der Waals surface area contributed by atoms with E-state index in [0.717, 1.165) is 5.69 Å². The molecule has 0 radical (unpaired) electrons. The molecule has 29 heavy (non-hydrogen) atoms. The Morgan fingerprint density at radius 2 is 1.31 bits per heavy atom. The van der Waals surface area contributed by atoms with Crippen LogP contribution in [0.25, 0.3) is 0 Å². The summed E-state index contributed by atoms with van der Waals surface area (Å²) in [5.74, 6) is -0.361. The molecule has 154 valence electrons. The number of carbonyl (C=O) groups is 3. The summed E-state index contributed by atoms with van der Waals surface area (Å²) in [5, 5.41) is 11.4. The lowest BCUT2D eigenvalue weighted by Gasteiger charge is -2.18. The van der Waals surface area contributed by atoms with E-state index in [9.17, 15) is 14.4 Å². The first-order valence-corrected chi connectivity index (χ1v) is 9.52. The van der Waals surface area contributed by atoms with Gasteiger partial charge in [-0.3, -0.25) is 14.4 Å². The molecule has 2 aromatic carbocycles. The summed E-state index contributed by atoms with van der Waals surface area (Å²) in [4.78, 5) is 35.7. The second kappa shape index (κ2) is 9.73. The molecule has 0 saturated heterocycles. The fourth-order valence-electron chi connectivity index (χ4n) is 2.30. The smallest absolute Gasteiger partial charge is 0.243 e. The minimum Gasteiger partial charge on any atom is -0.376 e. The molecule has 0 aliphatic rings. The third-order valence-corrected chi connectivity index (χ3v) is 4.03. The summed E-state index contributed by atoms with van der Waals surface area (Å²) in [6.45, 7) is 7.38. The summed E-state index contributed by atoms with van der Waals surface area (Å²) in [5.41, 5.74) is 2.20. The van der Waals surface area contributed by atoms with E-state index >= 15 is 0 Å². The lowest BCUT2D eigenvalue weighted by Crippen LogP contribution is -2.27. The van der Waals surface area contributed by atoms with Gasteiger partial charge in [-0.25, -0.2) is 0 Å². The average molecular weight is 396 g/mol. The third-order valence-electron chi connectivity index (χ3n) is 4.03. The molecule has 0 unspecified atom stereocenters. The predicted molar refractivity (Wildman–Crippen MR) is 117 cm³/mol. The molecule has 0 bridgehead atoms. The van der Waals surface area contributed by atoms with Gasteiger partial charge in [0.1, 0.15) is 0 Å². The van der Waals surface area contributed by atoms with Crippen LogP contribution in [0.4, 0.5) is 22.7 Å². The number of nitrogens with one attached hydrogen (secondary N) is 4. The fraction of sp³-hybridized carbons (Fsp3) is 0.318. The monoisotopic (exact) mass is 396 g/mol. The number of carbonyl (C=O) groups excluding carboxylic acids is 3. The van der Waals surface area contributed by atoms with Crippen molar-refractivity contribution in [3.8, 4) is 0 Å². The van der Waals surface area contributed by atoms with E-state index in [1.165, 1.54) is 0 Å². The van der Waals surface area contributed by atoms with E-state index < -0.39 is 5.41 Å². The van der Waals surface area contributed by atoms with Crippen molar-refractivity contribution < 1.29 is 14.4 Å². The molecule has 0 aliphatic carbocycles. The number of benzene rings is 2. The quantitative estimate of drug-likeness (QED) is 0.567. The van der Waals surface area contributed by atoms with Gasteiger partial charge in [-0.2, -0.15) is 0 Å². The van der Waals surface area contributed by atoms with Gasteiger partial charge >= 0.3 is 0 Å². The topological polar surface area (TPSA) is 99.3 Å². The highest BCUT2D eigenvalue weighted by atomic mass is 16.2. The molecule has 7 heteroatoms. The molecular weight excluding hydrogens is 368 g/mol. The first-order chi connectivity index (χ1) is 13.7. The maximum absolute atomic E-state index is 12.2. The maximum Gasteiger partial charge on any atom is 0.243 e. The van der Waals surface area contributed by atoms with Gasteiger partial charge in [0.2, 0.25) is 17.7 Å². The lowest BCUT2D eigenvalue weighted by atomic mass is 9.95. The number of hydrogen-bond donors (Lipinski definition) is 4. The highest BCUT2D eigenvalue weighted by Gasteiger charge is 2.21. The Hall–Kier alpha value is -3.35. The molecule has 3 amide bonds. The van der Waals surface area contributed by atoms with E-state index in [1.807, 2.05) is 20.8 Å². The van der Waals surface area contributed by atoms with E-state index in [0.29, 0.717) is 23.5 Å². The van der Waals surface area contributed by atoms with E-state index in [4.69, 9.17) is 0 Å². The molecule has 0 aliphatic heterocycles. The standard InChI is InChI=1S/C22H28N4O3/c1-5-19(27)24-16-11-9-15(10-12-16)23-14-20(28)25-17-7-6-8-18(13-17)26-21(29)22(2,3)4/h6-13,23H,5,14H2,1-4H3,(H,24,27)(H,25,28)(H,26,29). The molecule has 0 saturated carbocycles. The normalized spacial score (nSPS) is 10.8. The second-order valence-corrected chi connectivity index (χ2v) is 7.67. The van der Waals surface area contributed by atoms with Crippen molar-refractivity contribution in [3.05, 3.63) is 48.5 Å². The highest BCUT2D eigenvalue weighted by Crippen LogP contribution is 2.20. The Bertz CT molecular complexity index is 870. The summed E-state index contributed by atoms with van der Waals surface area (Å²) < 4.78 is 0. The van der Waals surface area contributed by atoms with Crippen LogP contribution in [0.15, 0.2) is 48.5 Å². The minimum atomic E-state index is -0.502. The van der Waals surface area contributed by atoms with Crippen LogP contribution in [0, 0.1) is 5.41 Å². The lowest BCUT2D eigenvalue weighted by molar-refractivity contribution is -0.123. The van der Waals surface area contributed by atoms with Gasteiger partial charge in [0.25, 0.3) is 0 Å². The van der Waals surface area contributed by atoms with Crippen LogP contribution in [0.3, 0.4) is 0 Å². The number of hydrogen-bond acceptors (Lipinski definition) is 4. The Morgan fingerprint density at radius 3 is 1.90 bits per heavy atom. The van der Waals surface area contributed by atoms with E-state index in [2.05, 4.69) is 21.3 Å². The molecule has 0 aromatic heterocycles. The fourth-order valence-corrected chi connectivity index (χ4v) is 2.30. The van der Waals surface area contributed by atoms with Crippen LogP contribution in [-0.2, 0) is 14.4 Å². The molecule has 4 N–H and O–H groups in total. The second-order valence-electron chi connectivity index (χ2n) is 7.67. The van der Waals surface area contributed by atoms with Gasteiger partial charge in [0.15, 0.2) is 0 Å². The Labute approximate surface area is 171 Å². The molecule has 0 heterocycles. The Morgan fingerprint density at radius 1 is 0.759 bits per heavy atom. The van der Waals surface area contributed by atoms with Crippen LogP contribution < -0.4 is 21.3 Å². The molecule has 2 rings (SSSR count). The minimum absolute atomic E-state index is 0.0500. The van der Waals surface area contributed by atoms with Crippen molar-refractivity contribution >= 4 is 40.5 Å². The van der Waals surface area contributed by atoms with Gasteiger partial charge in [0.05, 0.1) is 6.54 Å². The number of rotatable bonds is 7. The first kappa shape index (κ1) is 21.9. The van der Waals surface area contributed by atoms with Crippen LogP contribution in [0.1, 0.15) is 34.1 Å². The van der Waals surface area contributed by atoms with E-state index in [1.54, 1.807) is 55.5 Å². The highest BCUT2D eigenvalue weighted by molar-refractivity contribution is 5.97. The van der Waals surface area contributed by atoms with Gasteiger partial charge in [0, 0.05) is 34.6 Å². The maximum atomic E-state index is 12.2. The summed E-state index contributed by atoms with van der Waals surface area (Å²) in [7, 11) is 0. The van der Waals surface area contributed by atoms with Crippen molar-refractivity contribution in [2.24, 2.45) is 5.41 Å². The number of amides is 3. The molecule has 0 spiro atoms. The van der Waals surface area contributed by atoms with Crippen LogP contribution >= 0.6 is 0 Å². The summed E-state index contributed by atoms with van der Waals surface area (Å²) in [6.07, 6.45) is 0.418. The Kier molecular flexibility index (Phi) is 7.36. The molecule has 7 nitrogen and oxygen atoms in total. The summed E-state index contributed by atoms with van der Waals surface area (Å²) >= 11 is 0. The van der Waals surface area contributed by atoms with Crippen molar-refractivity contribution in [2.75, 3.05) is 27.8 Å². The van der Waals surface area contributed by atoms with E-state index in [-0.39, 0.29) is 24.3 Å². The van der Waals surface area contributed by atoms with Crippen LogP contribution in [0.5, 0.6) is 0 Å². The molecule has 2 aromatic rings.